The predicted molar refractivity (Wildman–Crippen MR) is 81.2 cm³/mol. The Hall–Kier alpha value is -1.92. The Bertz CT molecular complexity index is 530. The number of esters is 1. The Labute approximate surface area is 133 Å². The largest absolute Gasteiger partial charge is 0.482 e. The first-order valence-electron chi connectivity index (χ1n) is 7.39. The van der Waals surface area contributed by atoms with Crippen molar-refractivity contribution in [2.24, 2.45) is 5.92 Å². The zero-order chi connectivity index (χ0) is 17.6. The van der Waals surface area contributed by atoms with Gasteiger partial charge in [0.15, 0.2) is 6.61 Å². The summed E-state index contributed by atoms with van der Waals surface area (Å²) >= 11 is 0. The number of halogens is 3. The molecule has 0 aliphatic carbocycles. The number of alkyl halides is 3. The van der Waals surface area contributed by atoms with Crippen molar-refractivity contribution in [1.82, 2.24) is 0 Å². The highest BCUT2D eigenvalue weighted by Crippen LogP contribution is 2.32. The molecule has 1 rings (SSSR count). The van der Waals surface area contributed by atoms with Crippen LogP contribution in [0.15, 0.2) is 18.2 Å². The van der Waals surface area contributed by atoms with Crippen LogP contribution in [0.4, 0.5) is 18.9 Å². The Morgan fingerprint density at radius 1 is 1.30 bits per heavy atom. The van der Waals surface area contributed by atoms with E-state index in [1.54, 1.807) is 13.0 Å². The molecule has 2 N–H and O–H groups in total. The summed E-state index contributed by atoms with van der Waals surface area (Å²) in [4.78, 5) is 12.1. The third-order valence-electron chi connectivity index (χ3n) is 3.11. The molecule has 0 saturated heterocycles. The minimum absolute atomic E-state index is 0.0853. The highest BCUT2D eigenvalue weighted by atomic mass is 19.4. The number of hydrogen-bond donors (Lipinski definition) is 1. The number of ether oxygens (including phenoxy) is 2. The zero-order valence-electron chi connectivity index (χ0n) is 13.4. The molecule has 0 amide bonds. The van der Waals surface area contributed by atoms with Crippen molar-refractivity contribution >= 4 is 11.7 Å². The highest BCUT2D eigenvalue weighted by Gasteiger charge is 2.29. The standard InChI is InChI=1S/C16H22F3NO3/c1-4-22-15(21)12(7-10(2)3)11-5-6-13(20)14(8-11)23-9-16(17,18)19/h5-6,8,10,12H,4,7,9,20H2,1-3H3. The van der Waals surface area contributed by atoms with E-state index in [1.165, 1.54) is 12.1 Å². The summed E-state index contributed by atoms with van der Waals surface area (Å²) < 4.78 is 46.7. The lowest BCUT2D eigenvalue weighted by molar-refractivity contribution is -0.153. The van der Waals surface area contributed by atoms with Gasteiger partial charge in [0.1, 0.15) is 5.75 Å². The first-order valence-corrected chi connectivity index (χ1v) is 7.39. The maximum absolute atomic E-state index is 12.3. The summed E-state index contributed by atoms with van der Waals surface area (Å²) in [7, 11) is 0. The second-order valence-corrected chi connectivity index (χ2v) is 5.64. The van der Waals surface area contributed by atoms with Gasteiger partial charge in [-0.3, -0.25) is 4.79 Å². The molecule has 1 aromatic rings. The summed E-state index contributed by atoms with van der Waals surface area (Å²) in [6, 6.07) is 4.43. The maximum atomic E-state index is 12.3. The zero-order valence-corrected chi connectivity index (χ0v) is 13.4. The molecule has 0 fully saturated rings. The fourth-order valence-corrected chi connectivity index (χ4v) is 2.13. The molecule has 23 heavy (non-hydrogen) atoms. The van der Waals surface area contributed by atoms with Crippen LogP contribution in [0.1, 0.15) is 38.7 Å². The fourth-order valence-electron chi connectivity index (χ4n) is 2.13. The van der Waals surface area contributed by atoms with Gasteiger partial charge >= 0.3 is 12.1 Å². The van der Waals surface area contributed by atoms with Gasteiger partial charge in [-0.1, -0.05) is 19.9 Å². The minimum atomic E-state index is -4.46. The Morgan fingerprint density at radius 3 is 2.48 bits per heavy atom. The van der Waals surface area contributed by atoms with Crippen LogP contribution in [-0.2, 0) is 9.53 Å². The molecular weight excluding hydrogens is 311 g/mol. The average molecular weight is 333 g/mol. The smallest absolute Gasteiger partial charge is 0.422 e. The lowest BCUT2D eigenvalue weighted by atomic mass is 9.90. The summed E-state index contributed by atoms with van der Waals surface area (Å²) in [5.74, 6) is -0.851. The quantitative estimate of drug-likeness (QED) is 0.607. The molecule has 1 unspecified atom stereocenters. The molecule has 0 radical (unpaired) electrons. The van der Waals surface area contributed by atoms with Gasteiger partial charge < -0.3 is 15.2 Å². The van der Waals surface area contributed by atoms with Crippen LogP contribution in [0.25, 0.3) is 0 Å². The topological polar surface area (TPSA) is 61.5 Å². The first-order chi connectivity index (χ1) is 10.6. The average Bonchev–Trinajstić information content (AvgIpc) is 2.43. The maximum Gasteiger partial charge on any atom is 0.422 e. The van der Waals surface area contributed by atoms with Crippen LogP contribution in [0.3, 0.4) is 0 Å². The molecule has 0 bridgehead atoms. The van der Waals surface area contributed by atoms with E-state index in [9.17, 15) is 18.0 Å². The molecule has 0 spiro atoms. The van der Waals surface area contributed by atoms with E-state index in [0.717, 1.165) is 0 Å². The summed E-state index contributed by atoms with van der Waals surface area (Å²) in [6.07, 6.45) is -3.94. The number of nitrogens with two attached hydrogens (primary N) is 1. The summed E-state index contributed by atoms with van der Waals surface area (Å²) in [5, 5.41) is 0. The van der Waals surface area contributed by atoms with Crippen molar-refractivity contribution in [2.75, 3.05) is 18.9 Å². The number of hydrogen-bond acceptors (Lipinski definition) is 4. The van der Waals surface area contributed by atoms with Crippen molar-refractivity contribution in [1.29, 1.82) is 0 Å². The lowest BCUT2D eigenvalue weighted by Gasteiger charge is -2.19. The Balaban J connectivity index is 3.05. The number of anilines is 1. The van der Waals surface area contributed by atoms with Gasteiger partial charge in [-0.15, -0.1) is 0 Å². The van der Waals surface area contributed by atoms with Crippen molar-refractivity contribution in [3.05, 3.63) is 23.8 Å². The molecule has 1 atom stereocenters. The van der Waals surface area contributed by atoms with Crippen molar-refractivity contribution in [2.45, 2.75) is 39.3 Å². The first kappa shape index (κ1) is 19.1. The molecule has 130 valence electrons. The lowest BCUT2D eigenvalue weighted by Crippen LogP contribution is -2.20. The van der Waals surface area contributed by atoms with Crippen molar-refractivity contribution in [3.8, 4) is 5.75 Å². The third kappa shape index (κ3) is 6.38. The van der Waals surface area contributed by atoms with Crippen LogP contribution in [0.2, 0.25) is 0 Å². The molecule has 7 heteroatoms. The second kappa shape index (κ2) is 8.08. The SMILES string of the molecule is CCOC(=O)C(CC(C)C)c1ccc(N)c(OCC(F)(F)F)c1. The molecule has 4 nitrogen and oxygen atoms in total. The number of carbonyl (C=O) groups excluding carboxylic acids is 1. The van der Waals surface area contributed by atoms with Crippen LogP contribution in [-0.4, -0.2) is 25.4 Å². The van der Waals surface area contributed by atoms with Crippen molar-refractivity contribution in [3.63, 3.8) is 0 Å². The third-order valence-corrected chi connectivity index (χ3v) is 3.11. The predicted octanol–water partition coefficient (Wildman–Crippen LogP) is 3.90. The van der Waals surface area contributed by atoms with Crippen LogP contribution >= 0.6 is 0 Å². The number of nitrogen functional groups attached to an aromatic ring is 1. The number of rotatable bonds is 7. The summed E-state index contributed by atoms with van der Waals surface area (Å²) in [5.41, 5.74) is 6.27. The van der Waals surface area contributed by atoms with Gasteiger partial charge in [0.25, 0.3) is 0 Å². The van der Waals surface area contributed by atoms with E-state index in [-0.39, 0.29) is 24.0 Å². The molecule has 0 heterocycles. The normalized spacial score (nSPS) is 13.0. The van der Waals surface area contributed by atoms with Crippen molar-refractivity contribution < 1.29 is 27.4 Å². The van der Waals surface area contributed by atoms with E-state index in [4.69, 9.17) is 15.2 Å². The Morgan fingerprint density at radius 2 is 1.96 bits per heavy atom. The van der Waals surface area contributed by atoms with E-state index in [0.29, 0.717) is 12.0 Å². The van der Waals surface area contributed by atoms with Gasteiger partial charge in [-0.05, 0) is 37.0 Å². The number of benzene rings is 1. The van der Waals surface area contributed by atoms with Crippen LogP contribution < -0.4 is 10.5 Å². The van der Waals surface area contributed by atoms with Gasteiger partial charge in [0, 0.05) is 0 Å². The number of carbonyl (C=O) groups is 1. The van der Waals surface area contributed by atoms with Gasteiger partial charge in [0.05, 0.1) is 18.2 Å². The van der Waals surface area contributed by atoms with E-state index in [2.05, 4.69) is 0 Å². The molecule has 0 saturated carbocycles. The minimum Gasteiger partial charge on any atom is -0.482 e. The van der Waals surface area contributed by atoms with Gasteiger partial charge in [0.2, 0.25) is 0 Å². The molecule has 0 aromatic heterocycles. The van der Waals surface area contributed by atoms with Gasteiger partial charge in [-0.2, -0.15) is 13.2 Å². The Kier molecular flexibility index (Phi) is 6.72. The van der Waals surface area contributed by atoms with E-state index >= 15 is 0 Å². The molecule has 0 aliphatic heterocycles. The van der Waals surface area contributed by atoms with E-state index in [1.807, 2.05) is 13.8 Å². The fraction of sp³-hybridized carbons (Fsp3) is 0.562. The molecular formula is C16H22F3NO3. The molecule has 0 aliphatic rings. The van der Waals surface area contributed by atoms with E-state index < -0.39 is 24.7 Å². The summed E-state index contributed by atoms with van der Waals surface area (Å²) in [6.45, 7) is 4.40. The van der Waals surface area contributed by atoms with Crippen LogP contribution in [0, 0.1) is 5.92 Å². The highest BCUT2D eigenvalue weighted by molar-refractivity contribution is 5.78. The monoisotopic (exact) mass is 333 g/mol. The van der Waals surface area contributed by atoms with Crippen LogP contribution in [0.5, 0.6) is 5.75 Å². The second-order valence-electron chi connectivity index (χ2n) is 5.64. The molecule has 1 aromatic carbocycles. The van der Waals surface area contributed by atoms with Gasteiger partial charge in [-0.25, -0.2) is 0 Å².